The van der Waals surface area contributed by atoms with Gasteiger partial charge in [-0.25, -0.2) is 4.99 Å². The first-order valence-electron chi connectivity index (χ1n) is 12.0. The predicted octanol–water partition coefficient (Wildman–Crippen LogP) is 6.81. The third kappa shape index (κ3) is 4.36. The van der Waals surface area contributed by atoms with Gasteiger partial charge in [-0.15, -0.1) is 0 Å². The fraction of sp³-hybridized carbons (Fsp3) is 0.138. The van der Waals surface area contributed by atoms with E-state index in [4.69, 9.17) is 9.73 Å². The lowest BCUT2D eigenvalue weighted by Crippen LogP contribution is -2.29. The molecule has 1 aromatic heterocycles. The first-order valence-corrected chi connectivity index (χ1v) is 13.6. The molecule has 1 amide bonds. The van der Waals surface area contributed by atoms with Crippen LogP contribution < -0.4 is 9.64 Å². The number of carbonyl (C=O) groups is 1. The largest absolute Gasteiger partial charge is 0.497 e. The van der Waals surface area contributed by atoms with Crippen LogP contribution in [0.15, 0.2) is 105 Å². The minimum atomic E-state index is -0.0355. The molecule has 37 heavy (non-hydrogen) atoms. The molecule has 0 atom stereocenters. The van der Waals surface area contributed by atoms with E-state index in [1.807, 2.05) is 72.8 Å². The molecule has 1 fully saturated rings. The Morgan fingerprint density at radius 2 is 1.81 bits per heavy atom. The second-order valence-corrected chi connectivity index (χ2v) is 10.5. The van der Waals surface area contributed by atoms with Gasteiger partial charge in [-0.3, -0.25) is 14.7 Å². The van der Waals surface area contributed by atoms with Gasteiger partial charge in [0.1, 0.15) is 15.7 Å². The minimum Gasteiger partial charge on any atom is -0.497 e. The van der Waals surface area contributed by atoms with Gasteiger partial charge in [0.25, 0.3) is 5.91 Å². The molecule has 0 bridgehead atoms. The highest BCUT2D eigenvalue weighted by Gasteiger charge is 2.40. The van der Waals surface area contributed by atoms with Crippen molar-refractivity contribution in [3.8, 4) is 5.75 Å². The highest BCUT2D eigenvalue weighted by atomic mass is 32.2. The average Bonchev–Trinajstić information content (AvgIpc) is 3.45. The van der Waals surface area contributed by atoms with Crippen LogP contribution in [-0.4, -0.2) is 34.6 Å². The van der Waals surface area contributed by atoms with Crippen LogP contribution in [-0.2, 0) is 11.3 Å². The number of thioether (sulfide) groups is 2. The quantitative estimate of drug-likeness (QED) is 0.267. The van der Waals surface area contributed by atoms with E-state index in [0.29, 0.717) is 16.6 Å². The summed E-state index contributed by atoms with van der Waals surface area (Å²) in [4.78, 5) is 29.3. The van der Waals surface area contributed by atoms with Crippen molar-refractivity contribution in [2.75, 3.05) is 18.6 Å². The van der Waals surface area contributed by atoms with Crippen LogP contribution >= 0.6 is 23.5 Å². The van der Waals surface area contributed by atoms with E-state index < -0.39 is 0 Å². The number of fused-ring (bicyclic) bond motifs is 2. The van der Waals surface area contributed by atoms with Crippen molar-refractivity contribution in [1.29, 1.82) is 0 Å². The van der Waals surface area contributed by atoms with Gasteiger partial charge in [-0.05, 0) is 60.6 Å². The molecule has 0 unspecified atom stereocenters. The number of rotatable bonds is 5. The summed E-state index contributed by atoms with van der Waals surface area (Å²) in [7, 11) is 1.67. The van der Waals surface area contributed by atoms with Crippen molar-refractivity contribution in [3.63, 3.8) is 0 Å². The second kappa shape index (κ2) is 9.95. The fourth-order valence-electron chi connectivity index (χ4n) is 4.48. The molecule has 0 saturated carbocycles. The molecule has 3 heterocycles. The molecule has 3 aromatic carbocycles. The number of carbonyl (C=O) groups excluding carboxylic acids is 1. The Hall–Kier alpha value is -3.75. The number of aliphatic imine (C=N–C) groups is 1. The van der Waals surface area contributed by atoms with Crippen molar-refractivity contribution in [3.05, 3.63) is 101 Å². The number of benzene rings is 3. The normalized spacial score (nSPS) is 18.2. The lowest BCUT2D eigenvalue weighted by Gasteiger charge is -2.19. The van der Waals surface area contributed by atoms with E-state index >= 15 is 0 Å². The van der Waals surface area contributed by atoms with Crippen molar-refractivity contribution >= 4 is 56.9 Å². The molecule has 2 aliphatic rings. The molecule has 4 aromatic rings. The smallest absolute Gasteiger partial charge is 0.269 e. The Balaban J connectivity index is 1.46. The lowest BCUT2D eigenvalue weighted by molar-refractivity contribution is -0.122. The summed E-state index contributed by atoms with van der Waals surface area (Å²) < 4.78 is 5.46. The maximum Gasteiger partial charge on any atom is 0.269 e. The summed E-state index contributed by atoms with van der Waals surface area (Å²) in [5.74, 6) is 0.763. The maximum absolute atomic E-state index is 14.0. The van der Waals surface area contributed by atoms with Gasteiger partial charge < -0.3 is 9.64 Å². The third-order valence-electron chi connectivity index (χ3n) is 6.31. The summed E-state index contributed by atoms with van der Waals surface area (Å²) in [6.07, 6.45) is 1.78. The van der Waals surface area contributed by atoms with Crippen molar-refractivity contribution in [2.24, 2.45) is 4.99 Å². The van der Waals surface area contributed by atoms with Gasteiger partial charge >= 0.3 is 0 Å². The average molecular weight is 525 g/mol. The number of methoxy groups -OCH3 is 1. The molecule has 0 radical (unpaired) electrons. The maximum atomic E-state index is 14.0. The van der Waals surface area contributed by atoms with Crippen molar-refractivity contribution in [2.45, 2.75) is 18.4 Å². The first kappa shape index (κ1) is 23.6. The van der Waals surface area contributed by atoms with Gasteiger partial charge in [0, 0.05) is 29.1 Å². The van der Waals surface area contributed by atoms with E-state index in [9.17, 15) is 4.79 Å². The topological polar surface area (TPSA) is 58.0 Å². The summed E-state index contributed by atoms with van der Waals surface area (Å²) in [6.45, 7) is 3.28. The van der Waals surface area contributed by atoms with Crippen LogP contribution in [0.5, 0.6) is 5.75 Å². The number of amides is 1. The van der Waals surface area contributed by atoms with Crippen LogP contribution in [0.2, 0.25) is 0 Å². The highest BCUT2D eigenvalue weighted by molar-refractivity contribution is 8.19. The Kier molecular flexibility index (Phi) is 6.36. The molecule has 184 valence electrons. The Morgan fingerprint density at radius 1 is 0.946 bits per heavy atom. The van der Waals surface area contributed by atoms with Crippen LogP contribution in [0.1, 0.15) is 12.5 Å². The van der Waals surface area contributed by atoms with Crippen LogP contribution in [0.4, 0.5) is 11.4 Å². The van der Waals surface area contributed by atoms with Crippen LogP contribution in [0.25, 0.3) is 10.9 Å². The van der Waals surface area contributed by atoms with E-state index in [2.05, 4.69) is 22.9 Å². The zero-order valence-electron chi connectivity index (χ0n) is 20.4. The van der Waals surface area contributed by atoms with Gasteiger partial charge in [-0.1, -0.05) is 48.2 Å². The number of amidine groups is 1. The third-order valence-corrected chi connectivity index (χ3v) is 8.68. The molecule has 6 nitrogen and oxygen atoms in total. The minimum absolute atomic E-state index is 0.0355. The molecule has 0 aliphatic carbocycles. The SMILES string of the molecule is CCN1C(=C2SC(=Nc3cccc4ncccc34)N(Cc3ccccc3)C2=O)Sc2ccc(OC)cc21. The summed E-state index contributed by atoms with van der Waals surface area (Å²) in [6, 6.07) is 25.9. The molecular formula is C29H24N4O2S2. The molecule has 1 saturated heterocycles. The predicted molar refractivity (Wildman–Crippen MR) is 152 cm³/mol. The van der Waals surface area contributed by atoms with Gasteiger partial charge in [0.2, 0.25) is 0 Å². The fourth-order valence-corrected chi connectivity index (χ4v) is 6.85. The summed E-state index contributed by atoms with van der Waals surface area (Å²) >= 11 is 3.06. The highest BCUT2D eigenvalue weighted by Crippen LogP contribution is 2.51. The van der Waals surface area contributed by atoms with Crippen molar-refractivity contribution in [1.82, 2.24) is 9.88 Å². The van der Waals surface area contributed by atoms with E-state index in [-0.39, 0.29) is 5.91 Å². The number of hydrogen-bond donors (Lipinski definition) is 0. The standard InChI is InChI=1S/C29H24N4O2S2/c1-3-32-24-17-20(35-2)14-15-25(24)36-28(32)26-27(34)33(18-19-9-5-4-6-10-19)29(37-26)31-23-13-7-12-22-21(23)11-8-16-30-22/h4-17H,3,18H2,1-2H3. The number of aromatic nitrogens is 1. The lowest BCUT2D eigenvalue weighted by atomic mass is 10.2. The van der Waals surface area contributed by atoms with Gasteiger partial charge in [0.05, 0.1) is 30.5 Å². The molecule has 0 spiro atoms. The van der Waals surface area contributed by atoms with Crippen LogP contribution in [0.3, 0.4) is 0 Å². The number of nitrogens with zero attached hydrogens (tertiary/aromatic N) is 4. The van der Waals surface area contributed by atoms with Crippen LogP contribution in [0, 0.1) is 0 Å². The molecule has 6 rings (SSSR count). The first-order chi connectivity index (χ1) is 18.2. The Morgan fingerprint density at radius 3 is 2.62 bits per heavy atom. The number of pyridine rings is 1. The number of ether oxygens (including phenoxy) is 1. The zero-order valence-corrected chi connectivity index (χ0v) is 22.1. The number of hydrogen-bond acceptors (Lipinski definition) is 7. The summed E-state index contributed by atoms with van der Waals surface area (Å²) in [5.41, 5.74) is 3.78. The van der Waals surface area contributed by atoms with E-state index in [1.165, 1.54) is 11.8 Å². The second-order valence-electron chi connectivity index (χ2n) is 8.53. The van der Waals surface area contributed by atoms with Gasteiger partial charge in [0.15, 0.2) is 5.17 Å². The Labute approximate surface area is 224 Å². The molecular weight excluding hydrogens is 500 g/mol. The number of anilines is 1. The van der Waals surface area contributed by atoms with Crippen molar-refractivity contribution < 1.29 is 9.53 Å². The van der Waals surface area contributed by atoms with E-state index in [0.717, 1.165) is 50.1 Å². The zero-order chi connectivity index (χ0) is 25.4. The monoisotopic (exact) mass is 524 g/mol. The Bertz CT molecular complexity index is 1560. The summed E-state index contributed by atoms with van der Waals surface area (Å²) in [5, 5.41) is 2.55. The molecule has 8 heteroatoms. The van der Waals surface area contributed by atoms with Gasteiger partial charge in [-0.2, -0.15) is 0 Å². The van der Waals surface area contributed by atoms with E-state index in [1.54, 1.807) is 30.0 Å². The molecule has 2 aliphatic heterocycles. The molecule has 0 N–H and O–H groups in total.